The van der Waals surface area contributed by atoms with Gasteiger partial charge in [-0.1, -0.05) is 88.4 Å². The van der Waals surface area contributed by atoms with Gasteiger partial charge in [0.25, 0.3) is 0 Å². The van der Waals surface area contributed by atoms with Crippen LogP contribution in [0.5, 0.6) is 0 Å². The number of nitrogens with two attached hydrogens (primary N) is 1. The molecule has 254 valence electrons. The van der Waals surface area contributed by atoms with Gasteiger partial charge < -0.3 is 35.9 Å². The first-order chi connectivity index (χ1) is 21.5. The Labute approximate surface area is 274 Å². The first-order valence-corrected chi connectivity index (χ1v) is 16.2. The smallest absolute Gasteiger partial charge is 0.408 e. The lowest BCUT2D eigenvalue weighted by Crippen LogP contribution is -2.60. The van der Waals surface area contributed by atoms with Crippen molar-refractivity contribution in [1.82, 2.24) is 16.0 Å². The Morgan fingerprint density at radius 3 is 1.59 bits per heavy atom. The molecule has 46 heavy (non-hydrogen) atoms. The topological polar surface area (TPSA) is 141 Å². The predicted molar refractivity (Wildman–Crippen MR) is 179 cm³/mol. The summed E-state index contributed by atoms with van der Waals surface area (Å²) in [4.78, 5) is 40.0. The Balaban J connectivity index is 2.00. The van der Waals surface area contributed by atoms with E-state index < -0.39 is 53.9 Å². The highest BCUT2D eigenvalue weighted by molar-refractivity contribution is 5.86. The Morgan fingerprint density at radius 2 is 1.20 bits per heavy atom. The molecule has 1 fully saturated rings. The van der Waals surface area contributed by atoms with Gasteiger partial charge in [-0.3, -0.25) is 9.59 Å². The molecule has 0 spiro atoms. The number of hydrogen-bond donors (Lipinski definition) is 4. The molecule has 1 saturated heterocycles. The van der Waals surface area contributed by atoms with Crippen LogP contribution in [0.4, 0.5) is 4.79 Å². The molecule has 1 heterocycles. The zero-order valence-electron chi connectivity index (χ0n) is 28.8. The Kier molecular flexibility index (Phi) is 12.8. The Bertz CT molecular complexity index is 1280. The minimum atomic E-state index is -1.01. The minimum absolute atomic E-state index is 0.0686. The number of alkyl carbamates (subject to hydrolysis) is 1. The Hall–Kier alpha value is -3.47. The van der Waals surface area contributed by atoms with Gasteiger partial charge in [0.15, 0.2) is 5.79 Å². The number of amides is 3. The van der Waals surface area contributed by atoms with Crippen molar-refractivity contribution in [2.45, 2.75) is 123 Å². The van der Waals surface area contributed by atoms with Gasteiger partial charge in [0.05, 0.1) is 18.1 Å². The summed E-state index contributed by atoms with van der Waals surface area (Å²) in [6, 6.07) is 16.9. The van der Waals surface area contributed by atoms with Crippen LogP contribution in [-0.2, 0) is 36.6 Å². The zero-order valence-corrected chi connectivity index (χ0v) is 28.8. The third-order valence-corrected chi connectivity index (χ3v) is 7.85. The summed E-state index contributed by atoms with van der Waals surface area (Å²) in [5.41, 5.74) is 7.53. The van der Waals surface area contributed by atoms with Crippen LogP contribution in [0.15, 0.2) is 60.7 Å². The molecule has 1 aliphatic rings. The largest absolute Gasteiger partial charge is 0.444 e. The number of ether oxygens (including phenoxy) is 3. The summed E-state index contributed by atoms with van der Waals surface area (Å²) in [5, 5.41) is 9.10. The lowest BCUT2D eigenvalue weighted by molar-refractivity contribution is -0.152. The van der Waals surface area contributed by atoms with Gasteiger partial charge in [-0.25, -0.2) is 4.79 Å². The molecule has 0 saturated carbocycles. The second-order valence-electron chi connectivity index (χ2n) is 14.3. The van der Waals surface area contributed by atoms with Crippen LogP contribution in [0.2, 0.25) is 0 Å². The monoisotopic (exact) mass is 638 g/mol. The molecule has 0 unspecified atom stereocenters. The number of carbonyl (C=O) groups excluding carboxylic acids is 3. The number of carbonyl (C=O) groups is 3. The van der Waals surface area contributed by atoms with Crippen LogP contribution in [0, 0.1) is 11.8 Å². The molecule has 3 amide bonds. The maximum Gasteiger partial charge on any atom is 0.408 e. The molecule has 6 atom stereocenters. The molecule has 1 aliphatic heterocycles. The molecule has 2 aromatic carbocycles. The van der Waals surface area contributed by atoms with Crippen LogP contribution in [-0.4, -0.2) is 65.7 Å². The summed E-state index contributed by atoms with van der Waals surface area (Å²) < 4.78 is 18.6. The summed E-state index contributed by atoms with van der Waals surface area (Å²) in [6.07, 6.45) is -1.12. The van der Waals surface area contributed by atoms with Crippen molar-refractivity contribution in [1.29, 1.82) is 0 Å². The number of benzene rings is 2. The summed E-state index contributed by atoms with van der Waals surface area (Å²) in [7, 11) is 0. The highest BCUT2D eigenvalue weighted by Crippen LogP contribution is 2.34. The van der Waals surface area contributed by atoms with E-state index in [1.807, 2.05) is 102 Å². The fourth-order valence-corrected chi connectivity index (χ4v) is 5.50. The van der Waals surface area contributed by atoms with Crippen LogP contribution in [0.1, 0.15) is 73.4 Å². The molecule has 3 rings (SSSR count). The number of rotatable bonds is 13. The predicted octanol–water partition coefficient (Wildman–Crippen LogP) is 4.49. The third-order valence-electron chi connectivity index (χ3n) is 7.85. The van der Waals surface area contributed by atoms with Crippen molar-refractivity contribution in [2.75, 3.05) is 0 Å². The second-order valence-corrected chi connectivity index (χ2v) is 14.3. The molecule has 0 aliphatic carbocycles. The van der Waals surface area contributed by atoms with Crippen LogP contribution < -0.4 is 21.7 Å². The molecule has 5 N–H and O–H groups in total. The van der Waals surface area contributed by atoms with Gasteiger partial charge in [-0.05, 0) is 70.4 Å². The van der Waals surface area contributed by atoms with Gasteiger partial charge in [0, 0.05) is 0 Å². The molecule has 0 radical (unpaired) electrons. The van der Waals surface area contributed by atoms with E-state index in [1.165, 1.54) is 0 Å². The highest BCUT2D eigenvalue weighted by Gasteiger charge is 2.49. The van der Waals surface area contributed by atoms with Gasteiger partial charge in [-0.2, -0.15) is 0 Å². The maximum absolute atomic E-state index is 14.0. The lowest BCUT2D eigenvalue weighted by atomic mass is 9.90. The van der Waals surface area contributed by atoms with Gasteiger partial charge >= 0.3 is 6.09 Å². The summed E-state index contributed by atoms with van der Waals surface area (Å²) in [5.74, 6) is -1.98. The van der Waals surface area contributed by atoms with Gasteiger partial charge in [0.2, 0.25) is 11.8 Å². The van der Waals surface area contributed by atoms with Gasteiger partial charge in [-0.15, -0.1) is 0 Å². The standard InChI is InChI=1S/C36H54N4O6/c1-22(2)28(37)32(41)38-26(20-24-16-12-10-13-17-24)30-31(45-36(8,9)44-30)27(21-25-18-14-11-15-19-25)39-33(42)29(23(3)4)40-34(43)46-35(5,6)7/h10-19,22-23,26-31H,20-21,37H2,1-9H3,(H,38,41)(H,39,42)(H,40,43)/t26-,27-,28-,29-,30+,31+/m0/s1. The van der Waals surface area contributed by atoms with Crippen molar-refractivity contribution in [2.24, 2.45) is 17.6 Å². The second kappa shape index (κ2) is 15.9. The number of hydrogen-bond acceptors (Lipinski definition) is 7. The normalized spacial score (nSPS) is 20.4. The van der Waals surface area contributed by atoms with Crippen LogP contribution in [0.3, 0.4) is 0 Å². The van der Waals surface area contributed by atoms with Crippen molar-refractivity contribution in [3.63, 3.8) is 0 Å². The van der Waals surface area contributed by atoms with Crippen LogP contribution in [0.25, 0.3) is 0 Å². The van der Waals surface area contributed by atoms with E-state index in [0.717, 1.165) is 11.1 Å². The molecule has 0 aromatic heterocycles. The fourth-order valence-electron chi connectivity index (χ4n) is 5.50. The van der Waals surface area contributed by atoms with Gasteiger partial charge in [0.1, 0.15) is 23.9 Å². The zero-order chi connectivity index (χ0) is 34.2. The summed E-state index contributed by atoms with van der Waals surface area (Å²) >= 11 is 0. The maximum atomic E-state index is 14.0. The first-order valence-electron chi connectivity index (χ1n) is 16.2. The van der Waals surface area contributed by atoms with E-state index in [0.29, 0.717) is 12.8 Å². The summed E-state index contributed by atoms with van der Waals surface area (Å²) in [6.45, 7) is 16.5. The highest BCUT2D eigenvalue weighted by atomic mass is 16.8. The van der Waals surface area contributed by atoms with E-state index in [-0.39, 0.29) is 23.7 Å². The van der Waals surface area contributed by atoms with E-state index in [1.54, 1.807) is 20.8 Å². The van der Waals surface area contributed by atoms with E-state index in [4.69, 9.17) is 19.9 Å². The van der Waals surface area contributed by atoms with Crippen molar-refractivity contribution >= 4 is 17.9 Å². The van der Waals surface area contributed by atoms with Crippen molar-refractivity contribution in [3.05, 3.63) is 71.8 Å². The number of nitrogens with one attached hydrogen (secondary N) is 3. The fraction of sp³-hybridized carbons (Fsp3) is 0.583. The molecule has 10 heteroatoms. The molecule has 0 bridgehead atoms. The van der Waals surface area contributed by atoms with Crippen molar-refractivity contribution in [3.8, 4) is 0 Å². The SMILES string of the molecule is CC(C)[C@H](N)C(=O)N[C@@H](Cc1ccccc1)[C@H]1OC(C)(C)O[C@@H]1[C@H](Cc1ccccc1)NC(=O)[C@@H](NC(=O)OC(C)(C)C)C(C)C. The average Bonchev–Trinajstić information content (AvgIpc) is 3.29. The minimum Gasteiger partial charge on any atom is -0.444 e. The van der Waals surface area contributed by atoms with E-state index in [9.17, 15) is 14.4 Å². The third kappa shape index (κ3) is 11.1. The molecule has 2 aromatic rings. The van der Waals surface area contributed by atoms with Crippen molar-refractivity contribution < 1.29 is 28.6 Å². The van der Waals surface area contributed by atoms with Crippen LogP contribution >= 0.6 is 0 Å². The van der Waals surface area contributed by atoms with E-state index in [2.05, 4.69) is 16.0 Å². The lowest BCUT2D eigenvalue weighted by Gasteiger charge is -2.34. The first kappa shape index (κ1) is 37.0. The molecular weight excluding hydrogens is 584 g/mol. The Morgan fingerprint density at radius 1 is 0.761 bits per heavy atom. The molecular formula is C36H54N4O6. The quantitative estimate of drug-likeness (QED) is 0.253. The van der Waals surface area contributed by atoms with E-state index >= 15 is 0 Å². The molecule has 10 nitrogen and oxygen atoms in total. The average molecular weight is 639 g/mol.